The summed E-state index contributed by atoms with van der Waals surface area (Å²) in [6.07, 6.45) is 13.3. The second-order valence-corrected chi connectivity index (χ2v) is 6.14. The molecule has 1 heterocycles. The fourth-order valence-corrected chi connectivity index (χ4v) is 3.44. The number of nitrogens with zero attached hydrogens (tertiary/aromatic N) is 2. The van der Waals surface area contributed by atoms with Gasteiger partial charge in [0.1, 0.15) is 0 Å². The van der Waals surface area contributed by atoms with Gasteiger partial charge in [0.25, 0.3) is 0 Å². The van der Waals surface area contributed by atoms with Crippen molar-refractivity contribution in [1.29, 1.82) is 0 Å². The van der Waals surface area contributed by atoms with Crippen LogP contribution in [-0.4, -0.2) is 16.3 Å². The minimum absolute atomic E-state index is 0.341. The molecule has 0 radical (unpaired) electrons. The molecular formula is C15H27N3. The van der Waals surface area contributed by atoms with Gasteiger partial charge in [0.15, 0.2) is 0 Å². The van der Waals surface area contributed by atoms with Crippen molar-refractivity contribution in [3.63, 3.8) is 0 Å². The molecule has 1 saturated carbocycles. The summed E-state index contributed by atoms with van der Waals surface area (Å²) in [6, 6.07) is 0. The Labute approximate surface area is 111 Å². The minimum Gasteiger partial charge on any atom is -0.330 e. The summed E-state index contributed by atoms with van der Waals surface area (Å²) in [6.45, 7) is 3.11. The summed E-state index contributed by atoms with van der Waals surface area (Å²) in [5.41, 5.74) is 7.77. The molecule has 1 fully saturated rings. The topological polar surface area (TPSA) is 43.8 Å². The molecule has 0 atom stereocenters. The van der Waals surface area contributed by atoms with E-state index in [1.165, 1.54) is 44.1 Å². The first-order valence-electron chi connectivity index (χ1n) is 7.35. The van der Waals surface area contributed by atoms with E-state index in [1.54, 1.807) is 0 Å². The average Bonchev–Trinajstić information content (AvgIpc) is 2.78. The predicted molar refractivity (Wildman–Crippen MR) is 75.3 cm³/mol. The van der Waals surface area contributed by atoms with Crippen LogP contribution in [0.1, 0.15) is 51.0 Å². The van der Waals surface area contributed by atoms with Crippen molar-refractivity contribution in [2.24, 2.45) is 24.1 Å². The van der Waals surface area contributed by atoms with Crippen LogP contribution < -0.4 is 5.73 Å². The number of aryl methyl sites for hydroxylation is 1. The monoisotopic (exact) mass is 249 g/mol. The number of hydrogen-bond acceptors (Lipinski definition) is 2. The second kappa shape index (κ2) is 5.87. The lowest BCUT2D eigenvalue weighted by Crippen LogP contribution is -2.36. The van der Waals surface area contributed by atoms with Crippen molar-refractivity contribution in [2.45, 2.75) is 51.9 Å². The lowest BCUT2D eigenvalue weighted by molar-refractivity contribution is 0.151. The van der Waals surface area contributed by atoms with Crippen LogP contribution in [0, 0.1) is 11.3 Å². The third kappa shape index (κ3) is 3.14. The van der Waals surface area contributed by atoms with Crippen molar-refractivity contribution >= 4 is 0 Å². The summed E-state index contributed by atoms with van der Waals surface area (Å²) in [5.74, 6) is 0.948. The predicted octanol–water partition coefficient (Wildman–Crippen LogP) is 2.90. The highest BCUT2D eigenvalue weighted by atomic mass is 15.2. The second-order valence-electron chi connectivity index (χ2n) is 6.14. The number of rotatable bonds is 5. The van der Waals surface area contributed by atoms with Crippen LogP contribution in [0.5, 0.6) is 0 Å². The van der Waals surface area contributed by atoms with Crippen molar-refractivity contribution in [3.8, 4) is 0 Å². The maximum Gasteiger partial charge on any atom is 0.0521 e. The molecule has 0 aliphatic heterocycles. The Kier molecular flexibility index (Phi) is 4.44. The zero-order chi connectivity index (χ0) is 13.0. The standard InChI is InChI=1S/C15H27N3/c1-3-4-13-5-7-15(12-16,8-6-13)9-14-10-17-18(2)11-14/h10-11,13H,3-9,12,16H2,1-2H3. The highest BCUT2D eigenvalue weighted by Gasteiger charge is 2.34. The summed E-state index contributed by atoms with van der Waals surface area (Å²) in [7, 11) is 1.98. The SMILES string of the molecule is CCCC1CCC(CN)(Cc2cnn(C)c2)CC1. The quantitative estimate of drug-likeness (QED) is 0.872. The lowest BCUT2D eigenvalue weighted by Gasteiger charge is -2.39. The summed E-state index contributed by atoms with van der Waals surface area (Å²) in [5, 5.41) is 4.27. The molecule has 0 aromatic carbocycles. The molecule has 2 N–H and O–H groups in total. The molecule has 0 amide bonds. The fourth-order valence-electron chi connectivity index (χ4n) is 3.44. The lowest BCUT2D eigenvalue weighted by atomic mass is 9.67. The first-order chi connectivity index (χ1) is 8.67. The molecule has 3 nitrogen and oxygen atoms in total. The molecule has 2 rings (SSSR count). The minimum atomic E-state index is 0.341. The van der Waals surface area contributed by atoms with Crippen molar-refractivity contribution in [3.05, 3.63) is 18.0 Å². The molecule has 1 aromatic rings. The average molecular weight is 249 g/mol. The van der Waals surface area contributed by atoms with Crippen LogP contribution in [0.2, 0.25) is 0 Å². The zero-order valence-electron chi connectivity index (χ0n) is 11.9. The molecule has 0 spiro atoms. The highest BCUT2D eigenvalue weighted by molar-refractivity contribution is 5.08. The summed E-state index contributed by atoms with van der Waals surface area (Å²) >= 11 is 0. The van der Waals surface area contributed by atoms with E-state index in [4.69, 9.17) is 5.73 Å². The van der Waals surface area contributed by atoms with E-state index >= 15 is 0 Å². The fraction of sp³-hybridized carbons (Fsp3) is 0.800. The third-order valence-corrected chi connectivity index (χ3v) is 4.63. The Bertz CT molecular complexity index is 362. The molecule has 0 saturated heterocycles. The van der Waals surface area contributed by atoms with E-state index in [2.05, 4.69) is 18.2 Å². The third-order valence-electron chi connectivity index (χ3n) is 4.63. The van der Waals surface area contributed by atoms with Crippen LogP contribution >= 0.6 is 0 Å². The molecule has 1 aliphatic carbocycles. The number of nitrogens with two attached hydrogens (primary N) is 1. The normalized spacial score (nSPS) is 28.5. The molecule has 0 bridgehead atoms. The molecule has 0 unspecified atom stereocenters. The maximum atomic E-state index is 6.09. The van der Waals surface area contributed by atoms with Crippen LogP contribution in [0.4, 0.5) is 0 Å². The molecule has 102 valence electrons. The largest absolute Gasteiger partial charge is 0.330 e. The van der Waals surface area contributed by atoms with Crippen LogP contribution in [0.25, 0.3) is 0 Å². The number of aromatic nitrogens is 2. The van der Waals surface area contributed by atoms with Gasteiger partial charge in [-0.3, -0.25) is 4.68 Å². The van der Waals surface area contributed by atoms with Crippen molar-refractivity contribution < 1.29 is 0 Å². The van der Waals surface area contributed by atoms with Gasteiger partial charge in [0, 0.05) is 13.2 Å². The van der Waals surface area contributed by atoms with Crippen LogP contribution in [0.15, 0.2) is 12.4 Å². The van der Waals surface area contributed by atoms with Gasteiger partial charge >= 0.3 is 0 Å². The van der Waals surface area contributed by atoms with E-state index < -0.39 is 0 Å². The van der Waals surface area contributed by atoms with Crippen LogP contribution in [-0.2, 0) is 13.5 Å². The Morgan fingerprint density at radius 3 is 2.67 bits per heavy atom. The van der Waals surface area contributed by atoms with E-state index in [-0.39, 0.29) is 0 Å². The van der Waals surface area contributed by atoms with Crippen LogP contribution in [0.3, 0.4) is 0 Å². The van der Waals surface area contributed by atoms with Gasteiger partial charge in [0.2, 0.25) is 0 Å². The zero-order valence-corrected chi connectivity index (χ0v) is 11.9. The van der Waals surface area contributed by atoms with E-state index in [9.17, 15) is 0 Å². The smallest absolute Gasteiger partial charge is 0.0521 e. The van der Waals surface area contributed by atoms with E-state index in [0.717, 1.165) is 18.9 Å². The first-order valence-corrected chi connectivity index (χ1v) is 7.35. The van der Waals surface area contributed by atoms with Gasteiger partial charge in [-0.1, -0.05) is 19.8 Å². The molecule has 3 heteroatoms. The van der Waals surface area contributed by atoms with Gasteiger partial charge in [-0.05, 0) is 55.5 Å². The van der Waals surface area contributed by atoms with Crippen molar-refractivity contribution in [1.82, 2.24) is 9.78 Å². The first kappa shape index (κ1) is 13.6. The molecule has 18 heavy (non-hydrogen) atoms. The van der Waals surface area contributed by atoms with Gasteiger partial charge in [-0.15, -0.1) is 0 Å². The Morgan fingerprint density at radius 1 is 1.44 bits per heavy atom. The van der Waals surface area contributed by atoms with E-state index in [1.807, 2.05) is 17.9 Å². The Morgan fingerprint density at radius 2 is 2.17 bits per heavy atom. The Hall–Kier alpha value is -0.830. The maximum absolute atomic E-state index is 6.09. The summed E-state index contributed by atoms with van der Waals surface area (Å²) < 4.78 is 1.89. The van der Waals surface area contributed by atoms with Gasteiger partial charge in [-0.2, -0.15) is 5.10 Å². The molecule has 1 aromatic heterocycles. The van der Waals surface area contributed by atoms with Gasteiger partial charge < -0.3 is 5.73 Å². The highest BCUT2D eigenvalue weighted by Crippen LogP contribution is 2.42. The molecule has 1 aliphatic rings. The Balaban J connectivity index is 1.96. The summed E-state index contributed by atoms with van der Waals surface area (Å²) in [4.78, 5) is 0. The van der Waals surface area contributed by atoms with Crippen molar-refractivity contribution in [2.75, 3.05) is 6.54 Å². The molecular weight excluding hydrogens is 222 g/mol. The van der Waals surface area contributed by atoms with Gasteiger partial charge in [0.05, 0.1) is 6.20 Å². The van der Waals surface area contributed by atoms with E-state index in [0.29, 0.717) is 5.41 Å². The number of hydrogen-bond donors (Lipinski definition) is 1. The van der Waals surface area contributed by atoms with Gasteiger partial charge in [-0.25, -0.2) is 0 Å².